The molecule has 0 atom stereocenters. The Hall–Kier alpha value is -3.84. The third kappa shape index (κ3) is 3.60. The van der Waals surface area contributed by atoms with E-state index in [1.165, 1.54) is 0 Å². The van der Waals surface area contributed by atoms with Gasteiger partial charge in [0, 0.05) is 41.3 Å². The van der Waals surface area contributed by atoms with Gasteiger partial charge < -0.3 is 15.0 Å². The molecule has 0 unspecified atom stereocenters. The van der Waals surface area contributed by atoms with Crippen molar-refractivity contribution < 1.29 is 17.9 Å². The molecule has 4 aromatic carbocycles. The molecule has 6 nitrogen and oxygen atoms in total. The van der Waals surface area contributed by atoms with Crippen LogP contribution in [0.5, 0.6) is 5.75 Å². The minimum atomic E-state index is -3.61. The molecule has 0 bridgehead atoms. The number of carbonyl (C=O) groups is 1. The van der Waals surface area contributed by atoms with Crippen molar-refractivity contribution in [3.63, 3.8) is 0 Å². The SMILES string of the molecule is COc1ccc(S(=O)(=O)c2ccc(CN(C)c3ccc4c5c(cccc35)C(=O)N4)cc2)cc1. The lowest BCUT2D eigenvalue weighted by Gasteiger charge is -2.22. The average Bonchev–Trinajstić information content (AvgIpc) is 3.16. The Morgan fingerprint density at radius 3 is 2.21 bits per heavy atom. The van der Waals surface area contributed by atoms with Crippen molar-refractivity contribution in [1.29, 1.82) is 0 Å². The van der Waals surface area contributed by atoms with Crippen molar-refractivity contribution in [2.75, 3.05) is 24.4 Å². The van der Waals surface area contributed by atoms with Crippen molar-refractivity contribution in [3.8, 4) is 5.75 Å². The fraction of sp³-hybridized carbons (Fsp3) is 0.115. The highest BCUT2D eigenvalue weighted by Crippen LogP contribution is 2.38. The fourth-order valence-electron chi connectivity index (χ4n) is 4.23. The second-order valence-electron chi connectivity index (χ2n) is 7.99. The second-order valence-corrected chi connectivity index (χ2v) is 9.94. The summed E-state index contributed by atoms with van der Waals surface area (Å²) in [7, 11) is -0.0826. The molecule has 0 fully saturated rings. The Balaban J connectivity index is 1.40. The Kier molecular flexibility index (Phi) is 5.06. The number of ether oxygens (including phenoxy) is 1. The quantitative estimate of drug-likeness (QED) is 0.446. The number of anilines is 2. The van der Waals surface area contributed by atoms with E-state index in [9.17, 15) is 13.2 Å². The summed E-state index contributed by atoms with van der Waals surface area (Å²) in [5.74, 6) is 0.527. The van der Waals surface area contributed by atoms with Crippen molar-refractivity contribution in [2.24, 2.45) is 0 Å². The van der Waals surface area contributed by atoms with Crippen LogP contribution in [0.4, 0.5) is 11.4 Å². The molecule has 1 aliphatic heterocycles. The fourth-order valence-corrected chi connectivity index (χ4v) is 5.49. The maximum absolute atomic E-state index is 12.9. The monoisotopic (exact) mass is 458 g/mol. The third-order valence-corrected chi connectivity index (χ3v) is 7.73. The minimum Gasteiger partial charge on any atom is -0.497 e. The number of nitrogens with one attached hydrogen (secondary N) is 1. The maximum atomic E-state index is 12.9. The van der Waals surface area contributed by atoms with E-state index in [4.69, 9.17) is 4.74 Å². The molecule has 0 radical (unpaired) electrons. The van der Waals surface area contributed by atoms with Crippen molar-refractivity contribution >= 4 is 37.9 Å². The number of hydrogen-bond acceptors (Lipinski definition) is 5. The predicted octanol–water partition coefficient (Wildman–Crippen LogP) is 4.88. The first-order valence-corrected chi connectivity index (χ1v) is 11.9. The van der Waals surface area contributed by atoms with Gasteiger partial charge in [-0.1, -0.05) is 24.3 Å². The molecule has 1 heterocycles. The summed E-state index contributed by atoms with van der Waals surface area (Å²) in [5.41, 5.74) is 3.49. The van der Waals surface area contributed by atoms with Gasteiger partial charge in [-0.15, -0.1) is 0 Å². The standard InChI is InChI=1S/C26H22N2O4S/c1-28(24-15-14-23-25-21(24)4-3-5-22(25)26(29)27-23)16-17-6-10-19(11-7-17)33(30,31)20-12-8-18(32-2)9-13-20/h3-15H,16H2,1-2H3,(H,27,29). The molecular formula is C26H22N2O4S. The highest BCUT2D eigenvalue weighted by Gasteiger charge is 2.23. The van der Waals surface area contributed by atoms with Crippen LogP contribution in [0.15, 0.2) is 88.7 Å². The summed E-state index contributed by atoms with van der Waals surface area (Å²) >= 11 is 0. The summed E-state index contributed by atoms with van der Waals surface area (Å²) in [6, 6.07) is 23.0. The van der Waals surface area contributed by atoms with Crippen molar-refractivity contribution in [1.82, 2.24) is 0 Å². The molecule has 0 aromatic heterocycles. The number of amides is 1. The molecule has 5 rings (SSSR count). The lowest BCUT2D eigenvalue weighted by Crippen LogP contribution is -2.16. The Morgan fingerprint density at radius 2 is 1.55 bits per heavy atom. The number of methoxy groups -OCH3 is 1. The molecule has 33 heavy (non-hydrogen) atoms. The van der Waals surface area contributed by atoms with Crippen LogP contribution < -0.4 is 15.0 Å². The largest absolute Gasteiger partial charge is 0.497 e. The highest BCUT2D eigenvalue weighted by atomic mass is 32.2. The molecule has 0 saturated carbocycles. The zero-order chi connectivity index (χ0) is 23.2. The normalized spacial score (nSPS) is 12.6. The molecule has 4 aromatic rings. The van der Waals surface area contributed by atoms with E-state index in [0.717, 1.165) is 27.7 Å². The van der Waals surface area contributed by atoms with Crippen LogP contribution in [0.2, 0.25) is 0 Å². The van der Waals surface area contributed by atoms with Gasteiger partial charge in [-0.25, -0.2) is 8.42 Å². The van der Waals surface area contributed by atoms with Crippen LogP contribution in [0.3, 0.4) is 0 Å². The van der Waals surface area contributed by atoms with Crippen LogP contribution in [0.1, 0.15) is 15.9 Å². The predicted molar refractivity (Wildman–Crippen MR) is 129 cm³/mol. The molecule has 1 amide bonds. The van der Waals surface area contributed by atoms with Gasteiger partial charge in [0.15, 0.2) is 0 Å². The van der Waals surface area contributed by atoms with Gasteiger partial charge in [0.25, 0.3) is 5.91 Å². The van der Waals surface area contributed by atoms with Crippen LogP contribution in [-0.2, 0) is 16.4 Å². The van der Waals surface area contributed by atoms with E-state index in [2.05, 4.69) is 10.2 Å². The van der Waals surface area contributed by atoms with Gasteiger partial charge in [0.05, 0.1) is 16.9 Å². The van der Waals surface area contributed by atoms with Gasteiger partial charge in [-0.3, -0.25) is 4.79 Å². The molecule has 7 heteroatoms. The van der Waals surface area contributed by atoms with Gasteiger partial charge in [-0.05, 0) is 60.2 Å². The van der Waals surface area contributed by atoms with Crippen LogP contribution in [-0.4, -0.2) is 28.5 Å². The van der Waals surface area contributed by atoms with Gasteiger partial charge in [-0.2, -0.15) is 0 Å². The van der Waals surface area contributed by atoms with E-state index in [1.54, 1.807) is 43.5 Å². The number of nitrogens with zero attached hydrogens (tertiary/aromatic N) is 1. The molecule has 166 valence electrons. The zero-order valence-electron chi connectivity index (χ0n) is 18.2. The van der Waals surface area contributed by atoms with E-state index >= 15 is 0 Å². The molecule has 1 aliphatic rings. The first-order chi connectivity index (χ1) is 15.9. The van der Waals surface area contributed by atoms with Gasteiger partial charge in [0.1, 0.15) is 5.75 Å². The van der Waals surface area contributed by atoms with Crippen molar-refractivity contribution in [3.05, 3.63) is 90.0 Å². The Morgan fingerprint density at radius 1 is 0.879 bits per heavy atom. The molecular weight excluding hydrogens is 436 g/mol. The first-order valence-electron chi connectivity index (χ1n) is 10.4. The third-order valence-electron chi connectivity index (χ3n) is 5.94. The lowest BCUT2D eigenvalue weighted by atomic mass is 10.0. The molecule has 1 N–H and O–H groups in total. The number of sulfone groups is 1. The van der Waals surface area contributed by atoms with E-state index in [-0.39, 0.29) is 15.7 Å². The summed E-state index contributed by atoms with van der Waals surface area (Å²) in [5, 5.41) is 4.85. The zero-order valence-corrected chi connectivity index (χ0v) is 19.0. The molecule has 0 saturated heterocycles. The second kappa shape index (κ2) is 7.94. The van der Waals surface area contributed by atoms with E-state index in [0.29, 0.717) is 17.9 Å². The van der Waals surface area contributed by atoms with Crippen LogP contribution >= 0.6 is 0 Å². The average molecular weight is 459 g/mol. The lowest BCUT2D eigenvalue weighted by molar-refractivity contribution is 0.103. The van der Waals surface area contributed by atoms with Gasteiger partial charge in [0.2, 0.25) is 9.84 Å². The smallest absolute Gasteiger partial charge is 0.256 e. The highest BCUT2D eigenvalue weighted by molar-refractivity contribution is 7.91. The molecule has 0 aliphatic carbocycles. The number of rotatable bonds is 6. The summed E-state index contributed by atoms with van der Waals surface area (Å²) < 4.78 is 31.0. The maximum Gasteiger partial charge on any atom is 0.256 e. The van der Waals surface area contributed by atoms with Gasteiger partial charge >= 0.3 is 0 Å². The van der Waals surface area contributed by atoms with Crippen molar-refractivity contribution in [2.45, 2.75) is 16.3 Å². The minimum absolute atomic E-state index is 0.0796. The summed E-state index contributed by atoms with van der Waals surface area (Å²) in [4.78, 5) is 14.8. The Bertz CT molecular complexity index is 1480. The number of benzene rings is 4. The van der Waals surface area contributed by atoms with E-state index < -0.39 is 9.84 Å². The number of carbonyl (C=O) groups excluding carboxylic acids is 1. The Labute approximate surface area is 192 Å². The first kappa shape index (κ1) is 21.0. The van der Waals surface area contributed by atoms with Crippen LogP contribution in [0, 0.1) is 0 Å². The summed E-state index contributed by atoms with van der Waals surface area (Å²) in [6.07, 6.45) is 0. The topological polar surface area (TPSA) is 75.7 Å². The summed E-state index contributed by atoms with van der Waals surface area (Å²) in [6.45, 7) is 0.586. The van der Waals surface area contributed by atoms with E-state index in [1.807, 2.05) is 49.5 Å². The molecule has 0 spiro atoms. The van der Waals surface area contributed by atoms with Crippen LogP contribution in [0.25, 0.3) is 10.8 Å². The number of hydrogen-bond donors (Lipinski definition) is 1.